The van der Waals surface area contributed by atoms with E-state index in [2.05, 4.69) is 9.97 Å². The highest BCUT2D eigenvalue weighted by molar-refractivity contribution is 8.13. The van der Waals surface area contributed by atoms with Gasteiger partial charge in [-0.3, -0.25) is 9.78 Å². The molecule has 0 aliphatic heterocycles. The predicted octanol–water partition coefficient (Wildman–Crippen LogP) is 1.76. The molecule has 0 saturated carbocycles. The van der Waals surface area contributed by atoms with Gasteiger partial charge in [-0.1, -0.05) is 6.07 Å². The molecule has 0 aliphatic carbocycles. The summed E-state index contributed by atoms with van der Waals surface area (Å²) in [5.41, 5.74) is 0.963. The highest BCUT2D eigenvalue weighted by Gasteiger charge is 2.15. The molecular weight excluding hydrogens is 276 g/mol. The fourth-order valence-electron chi connectivity index (χ4n) is 1.46. The molecule has 0 aromatic carbocycles. The molecule has 2 aromatic rings. The molecular formula is C11H9ClN2O3S. The van der Waals surface area contributed by atoms with Gasteiger partial charge in [0, 0.05) is 29.5 Å². The number of rotatable bonds is 4. The van der Waals surface area contributed by atoms with Gasteiger partial charge in [0.05, 0.1) is 5.69 Å². The second-order valence-electron chi connectivity index (χ2n) is 3.64. The highest BCUT2D eigenvalue weighted by Crippen LogP contribution is 2.15. The van der Waals surface area contributed by atoms with E-state index in [9.17, 15) is 13.2 Å². The molecule has 0 radical (unpaired) electrons. The Hall–Kier alpha value is -1.66. The van der Waals surface area contributed by atoms with Crippen LogP contribution in [0.1, 0.15) is 16.1 Å². The first kappa shape index (κ1) is 12.8. The van der Waals surface area contributed by atoms with Crippen molar-refractivity contribution in [2.75, 3.05) is 0 Å². The summed E-state index contributed by atoms with van der Waals surface area (Å²) in [5.74, 6) is -0.227. The van der Waals surface area contributed by atoms with Gasteiger partial charge in [0.25, 0.3) is 9.05 Å². The molecule has 18 heavy (non-hydrogen) atoms. The summed E-state index contributed by atoms with van der Waals surface area (Å²) >= 11 is 0. The summed E-state index contributed by atoms with van der Waals surface area (Å²) < 4.78 is 22.1. The first-order valence-corrected chi connectivity index (χ1v) is 7.33. The molecule has 0 aliphatic rings. The monoisotopic (exact) mass is 284 g/mol. The van der Waals surface area contributed by atoms with Crippen molar-refractivity contribution in [2.45, 2.75) is 11.4 Å². The number of aromatic nitrogens is 2. The van der Waals surface area contributed by atoms with Crippen LogP contribution in [0.25, 0.3) is 0 Å². The number of halogens is 1. The van der Waals surface area contributed by atoms with E-state index in [1.165, 1.54) is 12.1 Å². The number of hydrogen-bond donors (Lipinski definition) is 1. The minimum absolute atomic E-state index is 0.149. The van der Waals surface area contributed by atoms with E-state index < -0.39 is 9.05 Å². The molecule has 0 spiro atoms. The number of ketones is 1. The molecule has 0 unspecified atom stereocenters. The van der Waals surface area contributed by atoms with Gasteiger partial charge in [0.15, 0.2) is 5.78 Å². The van der Waals surface area contributed by atoms with E-state index in [-0.39, 0.29) is 22.9 Å². The zero-order valence-corrected chi connectivity index (χ0v) is 10.7. The van der Waals surface area contributed by atoms with Crippen molar-refractivity contribution < 1.29 is 13.2 Å². The van der Waals surface area contributed by atoms with Gasteiger partial charge < -0.3 is 4.98 Å². The fourth-order valence-corrected chi connectivity index (χ4v) is 2.20. The number of carbonyl (C=O) groups is 1. The van der Waals surface area contributed by atoms with Gasteiger partial charge in [-0.05, 0) is 23.8 Å². The number of Topliss-reactive ketones (excluding diaryl/α,β-unsaturated/α-hetero) is 1. The molecule has 0 amide bonds. The van der Waals surface area contributed by atoms with Crippen LogP contribution in [-0.2, 0) is 15.5 Å². The number of H-pyrrole nitrogens is 1. The smallest absolute Gasteiger partial charge is 0.276 e. The van der Waals surface area contributed by atoms with E-state index in [1.807, 2.05) is 0 Å². The Balaban J connectivity index is 2.18. The largest absolute Gasteiger partial charge is 0.342 e. The minimum Gasteiger partial charge on any atom is -0.342 e. The second-order valence-corrected chi connectivity index (χ2v) is 6.17. The van der Waals surface area contributed by atoms with Crippen molar-refractivity contribution in [3.8, 4) is 0 Å². The topological polar surface area (TPSA) is 79.9 Å². The average Bonchev–Trinajstić information content (AvgIpc) is 2.79. The van der Waals surface area contributed by atoms with Crippen LogP contribution in [-0.4, -0.2) is 24.2 Å². The lowest BCUT2D eigenvalue weighted by molar-refractivity contribution is 0.0988. The Labute approximate surface area is 108 Å². The van der Waals surface area contributed by atoms with Crippen molar-refractivity contribution in [3.05, 3.63) is 47.9 Å². The summed E-state index contributed by atoms with van der Waals surface area (Å²) in [6, 6.07) is 6.16. The van der Waals surface area contributed by atoms with Crippen molar-refractivity contribution in [1.29, 1.82) is 0 Å². The van der Waals surface area contributed by atoms with Crippen molar-refractivity contribution in [2.24, 2.45) is 0 Å². The maximum absolute atomic E-state index is 11.9. The van der Waals surface area contributed by atoms with Crippen LogP contribution in [0, 0.1) is 0 Å². The zero-order valence-electron chi connectivity index (χ0n) is 9.13. The van der Waals surface area contributed by atoms with Gasteiger partial charge in [0.1, 0.15) is 5.03 Å². The van der Waals surface area contributed by atoms with Gasteiger partial charge in [-0.15, -0.1) is 0 Å². The van der Waals surface area contributed by atoms with Gasteiger partial charge in [-0.2, -0.15) is 0 Å². The Morgan fingerprint density at radius 2 is 2.11 bits per heavy atom. The number of nitrogens with one attached hydrogen (secondary N) is 1. The molecule has 1 N–H and O–H groups in total. The fraction of sp³-hybridized carbons (Fsp3) is 0.0909. The van der Waals surface area contributed by atoms with Crippen LogP contribution < -0.4 is 0 Å². The third kappa shape index (κ3) is 2.96. The number of nitrogens with zero attached hydrogens (tertiary/aromatic N) is 1. The highest BCUT2D eigenvalue weighted by atomic mass is 35.7. The molecule has 0 atom stereocenters. The molecule has 0 fully saturated rings. The normalized spacial score (nSPS) is 11.4. The molecule has 2 aromatic heterocycles. The number of carbonyl (C=O) groups excluding carboxylic acids is 1. The van der Waals surface area contributed by atoms with E-state index in [1.54, 1.807) is 24.5 Å². The van der Waals surface area contributed by atoms with E-state index in [0.29, 0.717) is 0 Å². The lowest BCUT2D eigenvalue weighted by Gasteiger charge is -1.98. The third-order valence-electron chi connectivity index (χ3n) is 2.31. The second kappa shape index (κ2) is 4.91. The van der Waals surface area contributed by atoms with Crippen LogP contribution in [0.5, 0.6) is 0 Å². The Kier molecular flexibility index (Phi) is 3.49. The van der Waals surface area contributed by atoms with E-state index in [4.69, 9.17) is 10.7 Å². The van der Waals surface area contributed by atoms with Crippen LogP contribution in [0.4, 0.5) is 0 Å². The average molecular weight is 285 g/mol. The summed E-state index contributed by atoms with van der Waals surface area (Å²) in [6.07, 6.45) is 3.34. The van der Waals surface area contributed by atoms with Crippen LogP contribution in [0.15, 0.2) is 41.7 Å². The lowest BCUT2D eigenvalue weighted by Crippen LogP contribution is -2.04. The maximum atomic E-state index is 11.9. The lowest BCUT2D eigenvalue weighted by atomic mass is 10.1. The number of pyridine rings is 1. The first-order chi connectivity index (χ1) is 8.47. The van der Waals surface area contributed by atoms with Crippen molar-refractivity contribution in [1.82, 2.24) is 9.97 Å². The predicted molar refractivity (Wildman–Crippen MR) is 66.1 cm³/mol. The Morgan fingerprint density at radius 3 is 2.67 bits per heavy atom. The van der Waals surface area contributed by atoms with Gasteiger partial charge >= 0.3 is 0 Å². The molecule has 7 heteroatoms. The summed E-state index contributed by atoms with van der Waals surface area (Å²) in [4.78, 5) is 18.2. The van der Waals surface area contributed by atoms with Crippen molar-refractivity contribution >= 4 is 25.5 Å². The Bertz CT molecular complexity index is 665. The maximum Gasteiger partial charge on any atom is 0.276 e. The SMILES string of the molecule is O=C(Cc1cccnc1)c1ccc(S(=O)(=O)Cl)[nH]1. The quantitative estimate of drug-likeness (QED) is 0.685. The minimum atomic E-state index is -3.84. The zero-order chi connectivity index (χ0) is 13.2. The molecule has 2 rings (SSSR count). The molecule has 2 heterocycles. The molecule has 0 saturated heterocycles. The van der Waals surface area contributed by atoms with Gasteiger partial charge in [0.2, 0.25) is 0 Å². The van der Waals surface area contributed by atoms with E-state index in [0.717, 1.165) is 5.56 Å². The molecule has 0 bridgehead atoms. The molecule has 94 valence electrons. The van der Waals surface area contributed by atoms with Crippen LogP contribution in [0.3, 0.4) is 0 Å². The van der Waals surface area contributed by atoms with Crippen molar-refractivity contribution in [3.63, 3.8) is 0 Å². The van der Waals surface area contributed by atoms with Crippen LogP contribution >= 0.6 is 10.7 Å². The first-order valence-electron chi connectivity index (χ1n) is 5.02. The summed E-state index contributed by atoms with van der Waals surface area (Å²) in [6.45, 7) is 0. The summed E-state index contributed by atoms with van der Waals surface area (Å²) in [7, 11) is 1.32. The standard InChI is InChI=1S/C11H9ClN2O3S/c12-18(16,17)11-4-3-9(14-11)10(15)6-8-2-1-5-13-7-8/h1-5,7,14H,6H2. The number of hydrogen-bond acceptors (Lipinski definition) is 4. The summed E-state index contributed by atoms with van der Waals surface area (Å²) in [5, 5.41) is -0.182. The van der Waals surface area contributed by atoms with E-state index >= 15 is 0 Å². The third-order valence-corrected chi connectivity index (χ3v) is 3.57. The molecule has 5 nitrogen and oxygen atoms in total. The van der Waals surface area contributed by atoms with Crippen LogP contribution in [0.2, 0.25) is 0 Å². The number of aromatic amines is 1. The Morgan fingerprint density at radius 1 is 1.33 bits per heavy atom. The van der Waals surface area contributed by atoms with Gasteiger partial charge in [-0.25, -0.2) is 8.42 Å².